The van der Waals surface area contributed by atoms with Gasteiger partial charge in [0.2, 0.25) is 0 Å². The second-order valence-electron chi connectivity index (χ2n) is 2.04. The molecule has 0 aromatic heterocycles. The van der Waals surface area contributed by atoms with Gasteiger partial charge in [0, 0.05) is 42.0 Å². The molecule has 0 heterocycles. The number of aliphatic hydroxyl groups is 1. The molecule has 0 fully saturated rings. The van der Waals surface area contributed by atoms with Gasteiger partial charge < -0.3 is 14.6 Å². The van der Waals surface area contributed by atoms with E-state index in [1.165, 1.54) is 0 Å². The second-order valence-corrected chi connectivity index (χ2v) is 2.04. The van der Waals surface area contributed by atoms with Gasteiger partial charge >= 0.3 is 0 Å². The summed E-state index contributed by atoms with van der Waals surface area (Å²) in [6.45, 7) is 3.28. The van der Waals surface area contributed by atoms with E-state index >= 15 is 0 Å². The van der Waals surface area contributed by atoms with Crippen LogP contribution in [0.4, 0.5) is 0 Å². The molecule has 0 amide bonds. The third kappa shape index (κ3) is 8.50. The molecule has 11 heavy (non-hydrogen) atoms. The Labute approximate surface area is 83.0 Å². The van der Waals surface area contributed by atoms with Crippen molar-refractivity contribution in [1.29, 1.82) is 0 Å². The summed E-state index contributed by atoms with van der Waals surface area (Å²) < 4.78 is 9.99. The van der Waals surface area contributed by atoms with Crippen molar-refractivity contribution in [2.75, 3.05) is 26.9 Å². The van der Waals surface area contributed by atoms with Gasteiger partial charge in [0.25, 0.3) is 0 Å². The molecule has 0 rings (SSSR count). The maximum atomic E-state index is 8.70. The van der Waals surface area contributed by atoms with E-state index in [1.54, 1.807) is 7.11 Å². The maximum Gasteiger partial charge on any atom is 0.0827 e. The Morgan fingerprint density at radius 2 is 2.09 bits per heavy atom. The normalized spacial score (nSPS) is 12.3. The first-order valence-corrected chi connectivity index (χ1v) is 3.56. The first kappa shape index (κ1) is 14.1. The molecule has 0 saturated heterocycles. The fourth-order valence-corrected chi connectivity index (χ4v) is 0.712. The van der Waals surface area contributed by atoms with Crippen LogP contribution in [0.2, 0.25) is 0 Å². The maximum absolute atomic E-state index is 8.70. The number of ether oxygens (including phenoxy) is 2. The monoisotopic (exact) mass is 196 g/mol. The number of hydrogen-bond donors (Lipinski definition) is 1. The predicted octanol–water partition coefficient (Wildman–Crippen LogP) is 0.418. The average molecular weight is 196 g/mol. The summed E-state index contributed by atoms with van der Waals surface area (Å²) in [4.78, 5) is 0. The summed E-state index contributed by atoms with van der Waals surface area (Å²) >= 11 is 0. The molecule has 0 aliphatic rings. The Morgan fingerprint density at radius 3 is 2.45 bits per heavy atom. The van der Waals surface area contributed by atoms with E-state index < -0.39 is 0 Å². The van der Waals surface area contributed by atoms with Crippen LogP contribution in [0.5, 0.6) is 0 Å². The second kappa shape index (κ2) is 10.6. The van der Waals surface area contributed by atoms with Crippen LogP contribution in [0.25, 0.3) is 0 Å². The van der Waals surface area contributed by atoms with Crippen LogP contribution in [0.1, 0.15) is 13.3 Å². The van der Waals surface area contributed by atoms with E-state index in [0.717, 1.165) is 6.42 Å². The smallest absolute Gasteiger partial charge is 0.0827 e. The molecule has 66 valence electrons. The molecule has 0 radical (unpaired) electrons. The Balaban J connectivity index is 0. The van der Waals surface area contributed by atoms with Gasteiger partial charge in [-0.05, 0) is 13.3 Å². The number of rotatable bonds is 6. The molecule has 1 atom stereocenters. The fourth-order valence-electron chi connectivity index (χ4n) is 0.712. The van der Waals surface area contributed by atoms with E-state index in [4.69, 9.17) is 14.6 Å². The summed E-state index contributed by atoms with van der Waals surface area (Å²) in [6, 6.07) is 0. The summed E-state index contributed by atoms with van der Waals surface area (Å²) in [6.07, 6.45) is 0.714. The van der Waals surface area contributed by atoms with Crippen LogP contribution in [-0.4, -0.2) is 38.1 Å². The number of methoxy groups -OCH3 is 1. The largest absolute Gasteiger partial charge is 0.394 e. The van der Waals surface area contributed by atoms with Crippen molar-refractivity contribution in [3.63, 3.8) is 0 Å². The Morgan fingerprint density at radius 1 is 1.45 bits per heavy atom. The van der Waals surface area contributed by atoms with Gasteiger partial charge in [0.15, 0.2) is 0 Å². The molecule has 0 aromatic rings. The number of hydrogen-bond acceptors (Lipinski definition) is 3. The van der Waals surface area contributed by atoms with Crippen molar-refractivity contribution in [3.8, 4) is 0 Å². The topological polar surface area (TPSA) is 38.7 Å². The van der Waals surface area contributed by atoms with Crippen LogP contribution < -0.4 is 0 Å². The van der Waals surface area contributed by atoms with Gasteiger partial charge in [-0.1, -0.05) is 0 Å². The summed E-state index contributed by atoms with van der Waals surface area (Å²) in [7, 11) is 1.64. The third-order valence-corrected chi connectivity index (χ3v) is 1.25. The van der Waals surface area contributed by atoms with Crippen LogP contribution in [-0.2, 0) is 31.2 Å². The third-order valence-electron chi connectivity index (χ3n) is 1.25. The van der Waals surface area contributed by atoms with Gasteiger partial charge in [-0.2, -0.15) is 0 Å². The van der Waals surface area contributed by atoms with Gasteiger partial charge in [0.1, 0.15) is 0 Å². The van der Waals surface area contributed by atoms with Crippen molar-refractivity contribution in [2.24, 2.45) is 0 Å². The molecular formula is C7H16O3Ti. The first-order valence-electron chi connectivity index (χ1n) is 3.56. The average Bonchev–Trinajstić information content (AvgIpc) is 1.98. The fraction of sp³-hybridized carbons (Fsp3) is 1.00. The molecule has 4 heteroatoms. The molecule has 1 unspecified atom stereocenters. The summed E-state index contributed by atoms with van der Waals surface area (Å²) in [5, 5.41) is 8.70. The summed E-state index contributed by atoms with van der Waals surface area (Å²) in [5.74, 6) is 0. The van der Waals surface area contributed by atoms with E-state index in [1.807, 2.05) is 6.92 Å². The van der Waals surface area contributed by atoms with Crippen molar-refractivity contribution >= 4 is 0 Å². The Hall–Kier alpha value is 0.594. The van der Waals surface area contributed by atoms with Crippen LogP contribution >= 0.6 is 0 Å². The van der Waals surface area contributed by atoms with Crippen LogP contribution in [0, 0.1) is 0 Å². The minimum Gasteiger partial charge on any atom is -0.394 e. The molecule has 0 aromatic carbocycles. The Bertz CT molecular complexity index is 70.7. The van der Waals surface area contributed by atoms with Gasteiger partial charge in [-0.3, -0.25) is 0 Å². The molecule has 0 spiro atoms. The van der Waals surface area contributed by atoms with Gasteiger partial charge in [-0.25, -0.2) is 0 Å². The molecule has 3 nitrogen and oxygen atoms in total. The zero-order chi connectivity index (χ0) is 7.82. The van der Waals surface area contributed by atoms with Crippen molar-refractivity contribution in [2.45, 2.75) is 19.4 Å². The standard InChI is InChI=1S/C7H16O3.Ti/c1-3-10-7(6-8)4-5-9-2;/h7-8H,3-6H2,1-2H3;. The Kier molecular flexibility index (Phi) is 13.6. The molecule has 0 saturated carbocycles. The van der Waals surface area contributed by atoms with Crippen LogP contribution in [0.15, 0.2) is 0 Å². The zero-order valence-corrected chi connectivity index (χ0v) is 8.73. The first-order chi connectivity index (χ1) is 4.85. The molecule has 0 bridgehead atoms. The predicted molar refractivity (Wildman–Crippen MR) is 39.0 cm³/mol. The molecular weight excluding hydrogens is 180 g/mol. The van der Waals surface area contributed by atoms with Crippen molar-refractivity contribution in [1.82, 2.24) is 0 Å². The van der Waals surface area contributed by atoms with Gasteiger partial charge in [-0.15, -0.1) is 0 Å². The van der Waals surface area contributed by atoms with E-state index in [2.05, 4.69) is 0 Å². The van der Waals surface area contributed by atoms with E-state index in [0.29, 0.717) is 13.2 Å². The minimum atomic E-state index is -0.0510. The quantitative estimate of drug-likeness (QED) is 0.625. The zero-order valence-electron chi connectivity index (χ0n) is 7.17. The molecule has 0 aliphatic heterocycles. The van der Waals surface area contributed by atoms with Crippen molar-refractivity contribution < 1.29 is 36.3 Å². The number of aliphatic hydroxyl groups excluding tert-OH is 1. The van der Waals surface area contributed by atoms with E-state index in [-0.39, 0.29) is 34.4 Å². The SMILES string of the molecule is CCOC(CO)CCOC.[Ti]. The molecule has 0 aliphatic carbocycles. The minimum absolute atomic E-state index is 0. The van der Waals surface area contributed by atoms with E-state index in [9.17, 15) is 0 Å². The summed E-state index contributed by atoms with van der Waals surface area (Å²) in [5.41, 5.74) is 0. The molecule has 1 N–H and O–H groups in total. The van der Waals surface area contributed by atoms with Gasteiger partial charge in [0.05, 0.1) is 12.7 Å². The van der Waals surface area contributed by atoms with Crippen LogP contribution in [0.3, 0.4) is 0 Å². The van der Waals surface area contributed by atoms with Crippen molar-refractivity contribution in [3.05, 3.63) is 0 Å².